The van der Waals surface area contributed by atoms with E-state index in [2.05, 4.69) is 5.32 Å². The zero-order chi connectivity index (χ0) is 11.8. The van der Waals surface area contributed by atoms with Gasteiger partial charge >= 0.3 is 5.97 Å². The summed E-state index contributed by atoms with van der Waals surface area (Å²) in [6.07, 6.45) is 5.82. The molecule has 16 heavy (non-hydrogen) atoms. The van der Waals surface area contributed by atoms with Gasteiger partial charge in [0.15, 0.2) is 0 Å². The third-order valence-electron chi connectivity index (χ3n) is 3.95. The van der Waals surface area contributed by atoms with Crippen LogP contribution in [-0.4, -0.2) is 22.5 Å². The molecule has 4 nitrogen and oxygen atoms in total. The second-order valence-electron chi connectivity index (χ2n) is 5.25. The molecule has 0 aliphatic heterocycles. The first-order valence-electron chi connectivity index (χ1n) is 6.09. The van der Waals surface area contributed by atoms with Crippen LogP contribution in [0.1, 0.15) is 45.4 Å². The fourth-order valence-corrected chi connectivity index (χ4v) is 2.54. The molecule has 2 fully saturated rings. The molecule has 0 saturated heterocycles. The number of hydrogen-bond donors (Lipinski definition) is 2. The molecule has 0 aromatic heterocycles. The summed E-state index contributed by atoms with van der Waals surface area (Å²) < 4.78 is 0. The summed E-state index contributed by atoms with van der Waals surface area (Å²) in [7, 11) is 0. The summed E-state index contributed by atoms with van der Waals surface area (Å²) in [6.45, 7) is 1.64. The van der Waals surface area contributed by atoms with Crippen LogP contribution in [-0.2, 0) is 9.59 Å². The minimum absolute atomic E-state index is 0.0393. The Morgan fingerprint density at radius 1 is 1.19 bits per heavy atom. The van der Waals surface area contributed by atoms with Crippen molar-refractivity contribution in [3.05, 3.63) is 0 Å². The number of nitrogens with one attached hydrogen (secondary N) is 1. The molecule has 2 aliphatic rings. The zero-order valence-electron chi connectivity index (χ0n) is 9.66. The third-order valence-corrected chi connectivity index (χ3v) is 3.95. The molecule has 0 aromatic rings. The molecule has 2 saturated carbocycles. The Balaban J connectivity index is 2.00. The summed E-state index contributed by atoms with van der Waals surface area (Å²) in [4.78, 5) is 23.2. The molecule has 0 spiro atoms. The molecule has 1 atom stereocenters. The highest BCUT2D eigenvalue weighted by Crippen LogP contribution is 2.40. The van der Waals surface area contributed by atoms with Gasteiger partial charge in [-0.3, -0.25) is 4.79 Å². The van der Waals surface area contributed by atoms with Crippen LogP contribution in [0.15, 0.2) is 0 Å². The molecule has 0 bridgehead atoms. The van der Waals surface area contributed by atoms with Gasteiger partial charge in [0.1, 0.15) is 5.54 Å². The molecule has 2 aliphatic carbocycles. The van der Waals surface area contributed by atoms with E-state index in [1.54, 1.807) is 6.92 Å². The smallest absolute Gasteiger partial charge is 0.329 e. The number of amides is 1. The highest BCUT2D eigenvalue weighted by Gasteiger charge is 2.49. The maximum absolute atomic E-state index is 11.9. The van der Waals surface area contributed by atoms with Gasteiger partial charge in [-0.1, -0.05) is 12.8 Å². The Morgan fingerprint density at radius 2 is 1.75 bits per heavy atom. The van der Waals surface area contributed by atoms with Gasteiger partial charge in [0.2, 0.25) is 5.91 Å². The lowest BCUT2D eigenvalue weighted by atomic mass is 9.94. The van der Waals surface area contributed by atoms with E-state index in [9.17, 15) is 14.7 Å². The second-order valence-corrected chi connectivity index (χ2v) is 5.25. The molecular weight excluding hydrogens is 206 g/mol. The number of carboxylic acids is 1. The van der Waals surface area contributed by atoms with E-state index < -0.39 is 11.5 Å². The number of aliphatic carboxylic acids is 1. The highest BCUT2D eigenvalue weighted by molar-refractivity contribution is 5.88. The van der Waals surface area contributed by atoms with Crippen LogP contribution in [0, 0.1) is 11.8 Å². The van der Waals surface area contributed by atoms with Crippen molar-refractivity contribution < 1.29 is 14.7 Å². The van der Waals surface area contributed by atoms with Gasteiger partial charge in [-0.25, -0.2) is 4.79 Å². The lowest BCUT2D eigenvalue weighted by Crippen LogP contribution is -2.55. The van der Waals surface area contributed by atoms with E-state index in [1.807, 2.05) is 0 Å². The van der Waals surface area contributed by atoms with Gasteiger partial charge in [0.25, 0.3) is 0 Å². The van der Waals surface area contributed by atoms with Crippen LogP contribution in [0.4, 0.5) is 0 Å². The third kappa shape index (κ3) is 2.06. The van der Waals surface area contributed by atoms with E-state index in [4.69, 9.17) is 0 Å². The van der Waals surface area contributed by atoms with Crippen molar-refractivity contribution in [2.45, 2.75) is 51.0 Å². The first kappa shape index (κ1) is 11.4. The number of hydrogen-bond acceptors (Lipinski definition) is 2. The van der Waals surface area contributed by atoms with Crippen molar-refractivity contribution in [1.29, 1.82) is 0 Å². The van der Waals surface area contributed by atoms with Gasteiger partial charge in [0, 0.05) is 5.92 Å². The SMILES string of the molecule is CC(NC(=O)C1CCCC1)(C(=O)O)C1CC1. The minimum atomic E-state index is -1.04. The standard InChI is InChI=1S/C12H19NO3/c1-12(11(15)16,9-6-7-9)13-10(14)8-4-2-3-5-8/h8-9H,2-7H2,1H3,(H,13,14)(H,15,16). The molecule has 1 unspecified atom stereocenters. The van der Waals surface area contributed by atoms with Gasteiger partial charge in [0.05, 0.1) is 0 Å². The van der Waals surface area contributed by atoms with Gasteiger partial charge in [-0.2, -0.15) is 0 Å². The number of carboxylic acid groups (broad SMARTS) is 1. The first-order chi connectivity index (χ1) is 7.54. The minimum Gasteiger partial charge on any atom is -0.480 e. The van der Waals surface area contributed by atoms with Gasteiger partial charge < -0.3 is 10.4 Å². The maximum atomic E-state index is 11.9. The number of carbonyl (C=O) groups is 2. The van der Waals surface area contributed by atoms with Crippen LogP contribution in [0.3, 0.4) is 0 Å². The molecule has 90 valence electrons. The lowest BCUT2D eigenvalue weighted by Gasteiger charge is -2.27. The first-order valence-corrected chi connectivity index (χ1v) is 6.09. The fourth-order valence-electron chi connectivity index (χ4n) is 2.54. The fraction of sp³-hybridized carbons (Fsp3) is 0.833. The summed E-state index contributed by atoms with van der Waals surface area (Å²) in [6, 6.07) is 0. The number of rotatable bonds is 4. The van der Waals surface area contributed by atoms with E-state index in [1.165, 1.54) is 0 Å². The largest absolute Gasteiger partial charge is 0.480 e. The van der Waals surface area contributed by atoms with Crippen LogP contribution < -0.4 is 5.32 Å². The van der Waals surface area contributed by atoms with Gasteiger partial charge in [-0.15, -0.1) is 0 Å². The van der Waals surface area contributed by atoms with Crippen molar-refractivity contribution in [3.63, 3.8) is 0 Å². The van der Waals surface area contributed by atoms with Crippen molar-refractivity contribution in [2.75, 3.05) is 0 Å². The van der Waals surface area contributed by atoms with Crippen molar-refractivity contribution in [2.24, 2.45) is 11.8 Å². The predicted molar refractivity (Wildman–Crippen MR) is 58.9 cm³/mol. The second kappa shape index (κ2) is 4.07. The Morgan fingerprint density at radius 3 is 2.19 bits per heavy atom. The molecular formula is C12H19NO3. The Hall–Kier alpha value is -1.06. The van der Waals surface area contributed by atoms with Crippen molar-refractivity contribution >= 4 is 11.9 Å². The quantitative estimate of drug-likeness (QED) is 0.762. The van der Waals surface area contributed by atoms with Crippen molar-refractivity contribution in [3.8, 4) is 0 Å². The van der Waals surface area contributed by atoms with E-state index in [0.717, 1.165) is 38.5 Å². The van der Waals surface area contributed by atoms with E-state index in [-0.39, 0.29) is 17.7 Å². The molecule has 0 heterocycles. The monoisotopic (exact) mass is 225 g/mol. The van der Waals surface area contributed by atoms with Crippen LogP contribution >= 0.6 is 0 Å². The predicted octanol–water partition coefficient (Wildman–Crippen LogP) is 1.55. The Bertz CT molecular complexity index is 305. The Labute approximate surface area is 95.4 Å². The topological polar surface area (TPSA) is 66.4 Å². The highest BCUT2D eigenvalue weighted by atomic mass is 16.4. The van der Waals surface area contributed by atoms with Crippen molar-refractivity contribution in [1.82, 2.24) is 5.32 Å². The zero-order valence-corrected chi connectivity index (χ0v) is 9.66. The molecule has 1 amide bonds. The molecule has 2 N–H and O–H groups in total. The van der Waals surface area contributed by atoms with Crippen LogP contribution in [0.2, 0.25) is 0 Å². The Kier molecular flexibility index (Phi) is 2.91. The normalized spacial score (nSPS) is 25.1. The van der Waals surface area contributed by atoms with E-state index in [0.29, 0.717) is 0 Å². The van der Waals surface area contributed by atoms with E-state index >= 15 is 0 Å². The maximum Gasteiger partial charge on any atom is 0.329 e. The average Bonchev–Trinajstić information content (AvgIpc) is 2.94. The van der Waals surface area contributed by atoms with Gasteiger partial charge in [-0.05, 0) is 38.5 Å². The number of carbonyl (C=O) groups excluding carboxylic acids is 1. The summed E-state index contributed by atoms with van der Waals surface area (Å²) in [5.74, 6) is -0.802. The molecule has 0 aromatic carbocycles. The average molecular weight is 225 g/mol. The molecule has 2 rings (SSSR count). The molecule has 0 radical (unpaired) electrons. The summed E-state index contributed by atoms with van der Waals surface area (Å²) in [5, 5.41) is 12.0. The van der Waals surface area contributed by atoms with Crippen LogP contribution in [0.25, 0.3) is 0 Å². The molecule has 4 heteroatoms. The lowest BCUT2D eigenvalue weighted by molar-refractivity contribution is -0.148. The van der Waals surface area contributed by atoms with Crippen LogP contribution in [0.5, 0.6) is 0 Å². The summed E-state index contributed by atoms with van der Waals surface area (Å²) in [5.41, 5.74) is -1.04. The summed E-state index contributed by atoms with van der Waals surface area (Å²) >= 11 is 0.